The van der Waals surface area contributed by atoms with Crippen molar-refractivity contribution < 1.29 is 19.0 Å². The van der Waals surface area contributed by atoms with Crippen molar-refractivity contribution in [2.24, 2.45) is 4.99 Å². The van der Waals surface area contributed by atoms with Crippen molar-refractivity contribution >= 4 is 34.7 Å². The largest absolute Gasteiger partial charge is 0.493 e. The number of fused-ring (bicyclic) bond motifs is 1. The molecular formula is C31H30N2O5S2. The summed E-state index contributed by atoms with van der Waals surface area (Å²) in [6.07, 6.45) is 3.80. The first-order valence-electron chi connectivity index (χ1n) is 13.1. The van der Waals surface area contributed by atoms with Gasteiger partial charge in [-0.25, -0.2) is 9.79 Å². The van der Waals surface area contributed by atoms with Gasteiger partial charge in [0.25, 0.3) is 5.56 Å². The van der Waals surface area contributed by atoms with Gasteiger partial charge in [-0.1, -0.05) is 67.1 Å². The first-order valence-corrected chi connectivity index (χ1v) is 14.8. The van der Waals surface area contributed by atoms with Gasteiger partial charge in [0.15, 0.2) is 16.3 Å². The Morgan fingerprint density at radius 1 is 1.10 bits per heavy atom. The average molecular weight is 575 g/mol. The summed E-state index contributed by atoms with van der Waals surface area (Å²) in [7, 11) is 1.58. The number of esters is 1. The third kappa shape index (κ3) is 5.80. The summed E-state index contributed by atoms with van der Waals surface area (Å²) in [5, 5.41) is 1.97. The molecule has 1 unspecified atom stereocenters. The Bertz CT molecular complexity index is 1700. The molecule has 0 saturated carbocycles. The molecule has 0 spiro atoms. The van der Waals surface area contributed by atoms with Crippen molar-refractivity contribution in [3.63, 3.8) is 0 Å². The smallest absolute Gasteiger partial charge is 0.338 e. The number of unbranched alkanes of at least 4 members (excludes halogenated alkanes) is 1. The van der Waals surface area contributed by atoms with Crippen LogP contribution < -0.4 is 24.4 Å². The maximum absolute atomic E-state index is 13.8. The number of hydrogen-bond acceptors (Lipinski definition) is 8. The Balaban J connectivity index is 1.60. The van der Waals surface area contributed by atoms with Gasteiger partial charge in [-0.2, -0.15) is 0 Å². The van der Waals surface area contributed by atoms with E-state index < -0.39 is 12.0 Å². The van der Waals surface area contributed by atoms with Gasteiger partial charge < -0.3 is 14.2 Å². The predicted molar refractivity (Wildman–Crippen MR) is 158 cm³/mol. The molecule has 206 valence electrons. The minimum atomic E-state index is -0.747. The number of hydrogen-bond donors (Lipinski definition) is 0. The van der Waals surface area contributed by atoms with Crippen molar-refractivity contribution in [3.05, 3.63) is 113 Å². The van der Waals surface area contributed by atoms with E-state index >= 15 is 0 Å². The molecule has 0 bridgehead atoms. The predicted octanol–water partition coefficient (Wildman–Crippen LogP) is 5.23. The molecule has 3 heterocycles. The second-order valence-corrected chi connectivity index (χ2v) is 11.3. The van der Waals surface area contributed by atoms with E-state index in [1.807, 2.05) is 72.1 Å². The van der Waals surface area contributed by atoms with Gasteiger partial charge in [-0.3, -0.25) is 9.36 Å². The Kier molecular flexibility index (Phi) is 8.62. The highest BCUT2D eigenvalue weighted by molar-refractivity contribution is 7.11. The zero-order valence-electron chi connectivity index (χ0n) is 22.6. The molecule has 0 fully saturated rings. The van der Waals surface area contributed by atoms with E-state index in [2.05, 4.69) is 11.9 Å². The lowest BCUT2D eigenvalue weighted by Gasteiger charge is -2.25. The number of thiophene rings is 1. The topological polar surface area (TPSA) is 79.1 Å². The highest BCUT2D eigenvalue weighted by atomic mass is 32.1. The lowest BCUT2D eigenvalue weighted by Crippen LogP contribution is -2.39. The van der Waals surface area contributed by atoms with Crippen LogP contribution in [-0.4, -0.2) is 24.3 Å². The lowest BCUT2D eigenvalue weighted by molar-refractivity contribution is -0.140. The fraction of sp³-hybridized carbons (Fsp3) is 0.258. The highest BCUT2D eigenvalue weighted by Gasteiger charge is 2.34. The van der Waals surface area contributed by atoms with Gasteiger partial charge in [0.1, 0.15) is 6.61 Å². The van der Waals surface area contributed by atoms with E-state index in [-0.39, 0.29) is 12.2 Å². The molecule has 7 nitrogen and oxygen atoms in total. The van der Waals surface area contributed by atoms with Crippen LogP contribution in [0.1, 0.15) is 48.7 Å². The van der Waals surface area contributed by atoms with Gasteiger partial charge in [0.2, 0.25) is 0 Å². The minimum Gasteiger partial charge on any atom is -0.493 e. The zero-order valence-corrected chi connectivity index (χ0v) is 24.2. The molecule has 5 rings (SSSR count). The van der Waals surface area contributed by atoms with Gasteiger partial charge in [-0.15, -0.1) is 11.3 Å². The maximum Gasteiger partial charge on any atom is 0.338 e. The van der Waals surface area contributed by atoms with Gasteiger partial charge >= 0.3 is 5.97 Å². The standard InChI is InChI=1S/C31H30N2O5S2/c1-4-5-15-37-24-14-13-22(17-25(24)36-3)28-27(30(35)38-19-21-10-7-6-8-11-21)20(2)32-31-33(28)29(34)26(40-31)18-23-12-9-16-39-23/h6-14,16-18,28H,4-5,15,19H2,1-3H3/b26-18-. The van der Waals surface area contributed by atoms with E-state index in [0.717, 1.165) is 23.3 Å². The quantitative estimate of drug-likeness (QED) is 0.192. The number of carbonyl (C=O) groups excluding carboxylic acids is 1. The monoisotopic (exact) mass is 574 g/mol. The summed E-state index contributed by atoms with van der Waals surface area (Å²) in [5.41, 5.74) is 2.17. The SMILES string of the molecule is CCCCOc1ccc(C2C(C(=O)OCc3ccccc3)=C(C)N=c3s/c(=C\c4cccs4)c(=O)n32)cc1OC. The molecule has 1 atom stereocenters. The summed E-state index contributed by atoms with van der Waals surface area (Å²) >= 11 is 2.86. The van der Waals surface area contributed by atoms with E-state index in [1.54, 1.807) is 29.9 Å². The van der Waals surface area contributed by atoms with Crippen molar-refractivity contribution in [1.82, 2.24) is 4.57 Å². The third-order valence-corrected chi connectivity index (χ3v) is 8.33. The van der Waals surface area contributed by atoms with Crippen molar-refractivity contribution in [2.45, 2.75) is 39.3 Å². The second-order valence-electron chi connectivity index (χ2n) is 9.27. The van der Waals surface area contributed by atoms with Crippen LogP contribution in [0.5, 0.6) is 11.5 Å². The number of nitrogens with zero attached hydrogens (tertiary/aromatic N) is 2. The van der Waals surface area contributed by atoms with E-state index in [1.165, 1.54) is 11.3 Å². The number of benzene rings is 2. The average Bonchev–Trinajstić information content (AvgIpc) is 3.59. The van der Waals surface area contributed by atoms with Crippen molar-refractivity contribution in [1.29, 1.82) is 0 Å². The van der Waals surface area contributed by atoms with Crippen LogP contribution >= 0.6 is 22.7 Å². The highest BCUT2D eigenvalue weighted by Crippen LogP contribution is 2.36. The number of allylic oxidation sites excluding steroid dienone is 1. The molecule has 4 aromatic rings. The summed E-state index contributed by atoms with van der Waals surface area (Å²) in [5.74, 6) is 0.615. The second kappa shape index (κ2) is 12.5. The summed E-state index contributed by atoms with van der Waals surface area (Å²) in [6, 6.07) is 18.2. The first-order chi connectivity index (χ1) is 19.5. The van der Waals surface area contributed by atoms with Crippen LogP contribution in [0, 0.1) is 0 Å². The van der Waals surface area contributed by atoms with Gasteiger partial charge in [0, 0.05) is 4.88 Å². The Morgan fingerprint density at radius 3 is 2.65 bits per heavy atom. The van der Waals surface area contributed by atoms with E-state index in [9.17, 15) is 9.59 Å². The number of carbonyl (C=O) groups is 1. The van der Waals surface area contributed by atoms with Crippen LogP contribution in [0.4, 0.5) is 0 Å². The van der Waals surface area contributed by atoms with E-state index in [4.69, 9.17) is 14.2 Å². The number of rotatable bonds is 10. The molecule has 9 heteroatoms. The maximum atomic E-state index is 13.8. The van der Waals surface area contributed by atoms with E-state index in [0.29, 0.717) is 44.3 Å². The van der Waals surface area contributed by atoms with Crippen molar-refractivity contribution in [3.8, 4) is 11.5 Å². The minimum absolute atomic E-state index is 0.111. The Hall–Kier alpha value is -3.95. The number of thiazole rings is 1. The molecule has 0 saturated heterocycles. The first kappa shape index (κ1) is 27.6. The molecule has 2 aromatic heterocycles. The van der Waals surface area contributed by atoms with Crippen LogP contribution in [0.2, 0.25) is 0 Å². The van der Waals surface area contributed by atoms with Gasteiger partial charge in [-0.05, 0) is 54.1 Å². The molecule has 40 heavy (non-hydrogen) atoms. The fourth-order valence-electron chi connectivity index (χ4n) is 4.50. The number of methoxy groups -OCH3 is 1. The molecular weight excluding hydrogens is 544 g/mol. The fourth-order valence-corrected chi connectivity index (χ4v) is 6.27. The van der Waals surface area contributed by atoms with Crippen molar-refractivity contribution in [2.75, 3.05) is 13.7 Å². The van der Waals surface area contributed by atoms with Crippen LogP contribution in [0.3, 0.4) is 0 Å². The lowest BCUT2D eigenvalue weighted by atomic mass is 9.95. The normalized spacial score (nSPS) is 15.0. The molecule has 0 N–H and O–H groups in total. The molecule has 2 aromatic carbocycles. The summed E-state index contributed by atoms with van der Waals surface area (Å²) in [6.45, 7) is 4.56. The van der Waals surface area contributed by atoms with Crippen LogP contribution in [0.15, 0.2) is 87.1 Å². The molecule has 1 aliphatic heterocycles. The van der Waals surface area contributed by atoms with Crippen LogP contribution in [0.25, 0.3) is 6.08 Å². The molecule has 1 aliphatic rings. The molecule has 0 radical (unpaired) electrons. The third-order valence-electron chi connectivity index (χ3n) is 6.53. The number of ether oxygens (including phenoxy) is 3. The summed E-state index contributed by atoms with van der Waals surface area (Å²) in [4.78, 5) is 33.6. The Labute approximate surface area is 240 Å². The molecule has 0 amide bonds. The Morgan fingerprint density at radius 2 is 1.93 bits per heavy atom. The summed E-state index contributed by atoms with van der Waals surface area (Å²) < 4.78 is 19.5. The zero-order chi connectivity index (χ0) is 28.1. The van der Waals surface area contributed by atoms with Crippen LogP contribution in [-0.2, 0) is 16.1 Å². The number of aromatic nitrogens is 1. The molecule has 0 aliphatic carbocycles. The van der Waals surface area contributed by atoms with Gasteiger partial charge in [0.05, 0.1) is 35.6 Å².